The molecule has 1 amide bonds. The Hall–Kier alpha value is -1.14. The third-order valence-corrected chi connectivity index (χ3v) is 4.74. The number of ether oxygens (including phenoxy) is 1. The number of aromatic nitrogens is 1. The van der Waals surface area contributed by atoms with E-state index in [0.717, 1.165) is 61.3 Å². The smallest absolute Gasteiger partial charge is 0.263 e. The molecule has 3 rings (SSSR count). The third kappa shape index (κ3) is 2.60. The highest BCUT2D eigenvalue weighted by Gasteiger charge is 2.29. The summed E-state index contributed by atoms with van der Waals surface area (Å²) in [6.07, 6.45) is 2.98. The summed E-state index contributed by atoms with van der Waals surface area (Å²) in [7, 11) is 0. The fourth-order valence-electron chi connectivity index (χ4n) is 2.60. The highest BCUT2D eigenvalue weighted by Crippen LogP contribution is 2.30. The van der Waals surface area contributed by atoms with Crippen molar-refractivity contribution < 1.29 is 9.53 Å². The normalized spacial score (nSPS) is 23.1. The first kappa shape index (κ1) is 12.9. The van der Waals surface area contributed by atoms with Gasteiger partial charge in [0, 0.05) is 25.6 Å². The summed E-state index contributed by atoms with van der Waals surface area (Å²) in [5, 5.41) is 4.05. The molecular formula is C13H19N3O2S. The minimum atomic E-state index is 0.0525. The number of carbonyl (C=O) groups excluding carboxylic acids is 1. The van der Waals surface area contributed by atoms with E-state index in [4.69, 9.17) is 4.74 Å². The summed E-state index contributed by atoms with van der Waals surface area (Å²) in [5.41, 5.74) is 0.980. The molecular weight excluding hydrogens is 262 g/mol. The molecule has 5 nitrogen and oxygen atoms in total. The molecule has 1 atom stereocenters. The van der Waals surface area contributed by atoms with Gasteiger partial charge in [-0.2, -0.15) is 0 Å². The van der Waals surface area contributed by atoms with Gasteiger partial charge >= 0.3 is 0 Å². The third-order valence-electron chi connectivity index (χ3n) is 3.59. The van der Waals surface area contributed by atoms with Gasteiger partial charge in [-0.1, -0.05) is 24.7 Å². The van der Waals surface area contributed by atoms with Gasteiger partial charge in [0.1, 0.15) is 4.88 Å². The Bertz CT molecular complexity index is 468. The molecule has 0 bridgehead atoms. The molecule has 1 unspecified atom stereocenters. The van der Waals surface area contributed by atoms with Gasteiger partial charge in [0.15, 0.2) is 5.13 Å². The van der Waals surface area contributed by atoms with Gasteiger partial charge in [-0.3, -0.25) is 4.79 Å². The van der Waals surface area contributed by atoms with Crippen LogP contribution in [0.3, 0.4) is 0 Å². The van der Waals surface area contributed by atoms with Crippen LogP contribution in [0.2, 0.25) is 0 Å². The van der Waals surface area contributed by atoms with Crippen molar-refractivity contribution in [2.24, 2.45) is 0 Å². The number of hydrogen-bond donors (Lipinski definition) is 1. The fourth-order valence-corrected chi connectivity index (χ4v) is 3.65. The van der Waals surface area contributed by atoms with Gasteiger partial charge < -0.3 is 15.0 Å². The fraction of sp³-hybridized carbons (Fsp3) is 0.692. The minimum Gasteiger partial charge on any atom is -0.378 e. The highest BCUT2D eigenvalue weighted by atomic mass is 32.1. The van der Waals surface area contributed by atoms with E-state index in [1.54, 1.807) is 0 Å². The van der Waals surface area contributed by atoms with Gasteiger partial charge in [-0.05, 0) is 6.42 Å². The number of rotatable bonds is 3. The van der Waals surface area contributed by atoms with Crippen LogP contribution in [0.4, 0.5) is 5.13 Å². The number of anilines is 1. The van der Waals surface area contributed by atoms with Crippen molar-refractivity contribution in [3.63, 3.8) is 0 Å². The monoisotopic (exact) mass is 281 g/mol. The van der Waals surface area contributed by atoms with Crippen LogP contribution in [0.5, 0.6) is 0 Å². The molecule has 1 saturated heterocycles. The van der Waals surface area contributed by atoms with Crippen LogP contribution in [-0.2, 0) is 11.2 Å². The second-order valence-electron chi connectivity index (χ2n) is 5.03. The number of nitrogens with zero attached hydrogens (tertiary/aromatic N) is 2. The van der Waals surface area contributed by atoms with Crippen molar-refractivity contribution in [2.75, 3.05) is 31.2 Å². The molecule has 0 saturated carbocycles. The molecule has 19 heavy (non-hydrogen) atoms. The summed E-state index contributed by atoms with van der Waals surface area (Å²) in [6, 6.07) is 0.254. The Balaban J connectivity index is 1.80. The summed E-state index contributed by atoms with van der Waals surface area (Å²) < 4.78 is 5.35. The molecule has 0 aromatic carbocycles. The summed E-state index contributed by atoms with van der Waals surface area (Å²) >= 11 is 1.52. The zero-order valence-corrected chi connectivity index (χ0v) is 12.0. The van der Waals surface area contributed by atoms with Crippen molar-refractivity contribution in [2.45, 2.75) is 32.2 Å². The Morgan fingerprint density at radius 1 is 1.47 bits per heavy atom. The van der Waals surface area contributed by atoms with E-state index in [1.165, 1.54) is 11.3 Å². The van der Waals surface area contributed by atoms with Gasteiger partial charge in [0.2, 0.25) is 0 Å². The van der Waals surface area contributed by atoms with Gasteiger partial charge in [0.05, 0.1) is 18.9 Å². The molecule has 0 spiro atoms. The van der Waals surface area contributed by atoms with Crippen LogP contribution in [0, 0.1) is 0 Å². The van der Waals surface area contributed by atoms with Crippen LogP contribution in [-0.4, -0.2) is 43.2 Å². The maximum absolute atomic E-state index is 12.1. The summed E-state index contributed by atoms with van der Waals surface area (Å²) in [6.45, 7) is 5.37. The molecule has 1 aromatic heterocycles. The number of hydrogen-bond acceptors (Lipinski definition) is 5. The number of morpholine rings is 1. The second kappa shape index (κ2) is 5.46. The minimum absolute atomic E-state index is 0.0525. The molecule has 1 aromatic rings. The molecule has 6 heteroatoms. The number of amides is 1. The van der Waals surface area contributed by atoms with Crippen LogP contribution >= 0.6 is 11.3 Å². The molecule has 0 radical (unpaired) electrons. The lowest BCUT2D eigenvalue weighted by atomic mass is 10.0. The topological polar surface area (TPSA) is 54.5 Å². The Kier molecular flexibility index (Phi) is 3.70. The average molecular weight is 281 g/mol. The van der Waals surface area contributed by atoms with Gasteiger partial charge in [-0.25, -0.2) is 4.98 Å². The Morgan fingerprint density at radius 2 is 2.26 bits per heavy atom. The van der Waals surface area contributed by atoms with Gasteiger partial charge in [0.25, 0.3) is 5.91 Å². The highest BCUT2D eigenvalue weighted by molar-refractivity contribution is 7.17. The lowest BCUT2D eigenvalue weighted by Crippen LogP contribution is -2.40. The SMILES string of the molecule is CCCC1Cc2nc(N3CCOCC3)sc2C(=O)N1. The predicted molar refractivity (Wildman–Crippen MR) is 75.0 cm³/mol. The number of carbonyl (C=O) groups is 1. The van der Waals surface area contributed by atoms with E-state index in [-0.39, 0.29) is 11.9 Å². The van der Waals surface area contributed by atoms with Crippen LogP contribution < -0.4 is 10.2 Å². The maximum Gasteiger partial charge on any atom is 0.263 e. The van der Waals surface area contributed by atoms with Crippen LogP contribution in [0.1, 0.15) is 35.1 Å². The summed E-state index contributed by atoms with van der Waals surface area (Å²) in [5.74, 6) is 0.0525. The molecule has 2 aliphatic rings. The maximum atomic E-state index is 12.1. The number of nitrogens with one attached hydrogen (secondary N) is 1. The molecule has 1 N–H and O–H groups in total. The van der Waals surface area contributed by atoms with E-state index >= 15 is 0 Å². The molecule has 0 aliphatic carbocycles. The van der Waals surface area contributed by atoms with Crippen LogP contribution in [0.15, 0.2) is 0 Å². The zero-order chi connectivity index (χ0) is 13.2. The standard InChI is InChI=1S/C13H19N3O2S/c1-2-3-9-8-10-11(12(17)14-9)19-13(15-10)16-4-6-18-7-5-16/h9H,2-8H2,1H3,(H,14,17). The lowest BCUT2D eigenvalue weighted by Gasteiger charge is -2.26. The predicted octanol–water partition coefficient (Wildman–Crippen LogP) is 1.43. The number of thiazole rings is 1. The largest absolute Gasteiger partial charge is 0.378 e. The average Bonchev–Trinajstić information content (AvgIpc) is 2.85. The first-order chi connectivity index (χ1) is 9.28. The Morgan fingerprint density at radius 3 is 3.00 bits per heavy atom. The van der Waals surface area contributed by atoms with Crippen molar-refractivity contribution in [1.29, 1.82) is 0 Å². The molecule has 2 aliphatic heterocycles. The molecule has 3 heterocycles. The van der Waals surface area contributed by atoms with E-state index in [2.05, 4.69) is 22.1 Å². The van der Waals surface area contributed by atoms with E-state index < -0.39 is 0 Å². The first-order valence-electron chi connectivity index (χ1n) is 6.91. The number of fused-ring (bicyclic) bond motifs is 1. The Labute approximate surface area is 117 Å². The summed E-state index contributed by atoms with van der Waals surface area (Å²) in [4.78, 5) is 19.8. The van der Waals surface area contributed by atoms with Crippen molar-refractivity contribution >= 4 is 22.4 Å². The quantitative estimate of drug-likeness (QED) is 0.911. The molecule has 1 fully saturated rings. The van der Waals surface area contributed by atoms with Gasteiger partial charge in [-0.15, -0.1) is 0 Å². The van der Waals surface area contributed by atoms with E-state index in [1.807, 2.05) is 0 Å². The molecule has 104 valence electrons. The first-order valence-corrected chi connectivity index (χ1v) is 7.73. The van der Waals surface area contributed by atoms with Crippen LogP contribution in [0.25, 0.3) is 0 Å². The van der Waals surface area contributed by atoms with Crippen molar-refractivity contribution in [1.82, 2.24) is 10.3 Å². The van der Waals surface area contributed by atoms with E-state index in [9.17, 15) is 4.79 Å². The van der Waals surface area contributed by atoms with E-state index in [0.29, 0.717) is 0 Å². The second-order valence-corrected chi connectivity index (χ2v) is 6.01. The van der Waals surface area contributed by atoms with Crippen molar-refractivity contribution in [3.8, 4) is 0 Å². The lowest BCUT2D eigenvalue weighted by molar-refractivity contribution is 0.0926. The van der Waals surface area contributed by atoms with Crippen molar-refractivity contribution in [3.05, 3.63) is 10.6 Å². The zero-order valence-electron chi connectivity index (χ0n) is 11.1.